The monoisotopic (exact) mass is 343 g/mol. The summed E-state index contributed by atoms with van der Waals surface area (Å²) >= 11 is 1.41. The van der Waals surface area contributed by atoms with Crippen LogP contribution in [0.3, 0.4) is 0 Å². The van der Waals surface area contributed by atoms with Crippen molar-refractivity contribution in [3.8, 4) is 12.3 Å². The summed E-state index contributed by atoms with van der Waals surface area (Å²) in [6.45, 7) is 0. The molecule has 2 rings (SSSR count). The highest BCUT2D eigenvalue weighted by molar-refractivity contribution is 7.98. The third-order valence-electron chi connectivity index (χ3n) is 3.38. The van der Waals surface area contributed by atoms with E-state index in [-0.39, 0.29) is 12.3 Å². The van der Waals surface area contributed by atoms with Crippen LogP contribution in [0.1, 0.15) is 21.6 Å². The number of imidazole rings is 1. The largest absolute Gasteiger partial charge is 0.467 e. The molecule has 1 atom stereocenters. The Kier molecular flexibility index (Phi) is 6.04. The maximum absolute atomic E-state index is 12.6. The van der Waals surface area contributed by atoms with Crippen molar-refractivity contribution in [1.29, 1.82) is 0 Å². The van der Waals surface area contributed by atoms with Gasteiger partial charge in [0.05, 0.1) is 19.0 Å². The molecule has 6 nitrogen and oxygen atoms in total. The topological polar surface area (TPSA) is 84.1 Å². The summed E-state index contributed by atoms with van der Waals surface area (Å²) in [6, 6.07) is 4.30. The van der Waals surface area contributed by atoms with Gasteiger partial charge in [-0.2, -0.15) is 0 Å². The molecule has 1 amide bonds. The quantitative estimate of drug-likeness (QED) is 0.473. The summed E-state index contributed by atoms with van der Waals surface area (Å²) in [5, 5.41) is 2.71. The molecule has 0 fully saturated rings. The van der Waals surface area contributed by atoms with Gasteiger partial charge in [0.15, 0.2) is 0 Å². The Bertz CT molecular complexity index is 766. The summed E-state index contributed by atoms with van der Waals surface area (Å²) in [7, 11) is 1.28. The van der Waals surface area contributed by atoms with Gasteiger partial charge >= 0.3 is 5.97 Å². The van der Waals surface area contributed by atoms with Crippen molar-refractivity contribution in [1.82, 2.24) is 15.3 Å². The van der Waals surface area contributed by atoms with Crippen LogP contribution in [0.25, 0.3) is 0 Å². The highest BCUT2D eigenvalue weighted by Gasteiger charge is 2.24. The number of nitrogens with one attached hydrogen (secondary N) is 2. The Balaban J connectivity index is 2.21. The molecule has 1 aromatic carbocycles. The van der Waals surface area contributed by atoms with Crippen LogP contribution in [0.5, 0.6) is 0 Å². The number of amides is 1. The average Bonchev–Trinajstić information content (AvgIpc) is 3.12. The lowest BCUT2D eigenvalue weighted by molar-refractivity contribution is -0.142. The third kappa shape index (κ3) is 4.18. The van der Waals surface area contributed by atoms with Crippen LogP contribution in [-0.4, -0.2) is 41.3 Å². The fourth-order valence-electron chi connectivity index (χ4n) is 2.16. The molecule has 0 spiro atoms. The van der Waals surface area contributed by atoms with Gasteiger partial charge in [-0.15, -0.1) is 18.2 Å². The van der Waals surface area contributed by atoms with Gasteiger partial charge in [-0.25, -0.2) is 9.78 Å². The van der Waals surface area contributed by atoms with E-state index in [0.717, 1.165) is 10.6 Å². The van der Waals surface area contributed by atoms with Crippen LogP contribution in [0.15, 0.2) is 35.6 Å². The lowest BCUT2D eigenvalue weighted by Gasteiger charge is -2.17. The molecule has 1 heterocycles. The second-order valence-corrected chi connectivity index (χ2v) is 5.74. The van der Waals surface area contributed by atoms with Crippen molar-refractivity contribution in [3.63, 3.8) is 0 Å². The first-order chi connectivity index (χ1) is 11.6. The Morgan fingerprint density at radius 1 is 1.50 bits per heavy atom. The van der Waals surface area contributed by atoms with Gasteiger partial charge < -0.3 is 15.0 Å². The number of aromatic amines is 1. The fraction of sp³-hybridized carbons (Fsp3) is 0.235. The van der Waals surface area contributed by atoms with Crippen LogP contribution in [0.2, 0.25) is 0 Å². The first kappa shape index (κ1) is 17.6. The van der Waals surface area contributed by atoms with Gasteiger partial charge in [-0.3, -0.25) is 4.79 Å². The number of hydrogen-bond acceptors (Lipinski definition) is 5. The third-order valence-corrected chi connectivity index (χ3v) is 4.16. The smallest absolute Gasteiger partial charge is 0.328 e. The molecular weight excluding hydrogens is 326 g/mol. The molecule has 7 heteroatoms. The lowest BCUT2D eigenvalue weighted by atomic mass is 10.1. The Morgan fingerprint density at radius 3 is 2.88 bits per heavy atom. The molecular formula is C17H17N3O3S. The molecule has 24 heavy (non-hydrogen) atoms. The zero-order valence-electron chi connectivity index (χ0n) is 13.3. The average molecular weight is 343 g/mol. The van der Waals surface area contributed by atoms with Gasteiger partial charge in [-0.05, 0) is 24.5 Å². The minimum absolute atomic E-state index is 0.259. The summed E-state index contributed by atoms with van der Waals surface area (Å²) in [4.78, 5) is 32.1. The van der Waals surface area contributed by atoms with E-state index in [1.54, 1.807) is 24.4 Å². The SMILES string of the molecule is C#Cc1ccc(C(=O)N[C@H](Cc2cnc[nH]2)C(=O)OC)c(SC)c1. The van der Waals surface area contributed by atoms with Gasteiger partial charge in [0.1, 0.15) is 6.04 Å². The summed E-state index contributed by atoms with van der Waals surface area (Å²) in [5.74, 6) is 1.65. The highest BCUT2D eigenvalue weighted by atomic mass is 32.2. The molecule has 0 aliphatic carbocycles. The van der Waals surface area contributed by atoms with Crippen molar-refractivity contribution in [2.24, 2.45) is 0 Å². The van der Waals surface area contributed by atoms with E-state index >= 15 is 0 Å². The van der Waals surface area contributed by atoms with Crippen molar-refractivity contribution in [3.05, 3.63) is 47.5 Å². The number of ether oxygens (including phenoxy) is 1. The molecule has 0 unspecified atom stereocenters. The molecule has 1 aromatic heterocycles. The second-order valence-electron chi connectivity index (χ2n) is 4.89. The van der Waals surface area contributed by atoms with E-state index in [1.165, 1.54) is 25.2 Å². The predicted molar refractivity (Wildman–Crippen MR) is 91.7 cm³/mol. The standard InChI is InChI=1S/C17H17N3O3S/c1-4-11-5-6-13(15(7-11)24-3)16(21)20-14(17(22)23-2)8-12-9-18-10-19-12/h1,5-7,9-10,14H,8H2,2-3H3,(H,18,19)(H,20,21)/t14-/m1/s1. The number of esters is 1. The zero-order valence-corrected chi connectivity index (χ0v) is 14.1. The van der Waals surface area contributed by atoms with E-state index in [4.69, 9.17) is 11.2 Å². The summed E-state index contributed by atoms with van der Waals surface area (Å²) in [6.07, 6.45) is 10.6. The van der Waals surface area contributed by atoms with E-state index in [0.29, 0.717) is 11.1 Å². The van der Waals surface area contributed by atoms with Crippen LogP contribution in [0.4, 0.5) is 0 Å². The molecule has 0 bridgehead atoms. The number of terminal acetylenes is 1. The fourth-order valence-corrected chi connectivity index (χ4v) is 2.78. The van der Waals surface area contributed by atoms with Crippen LogP contribution in [-0.2, 0) is 16.0 Å². The number of aromatic nitrogens is 2. The van der Waals surface area contributed by atoms with Crippen molar-refractivity contribution in [2.75, 3.05) is 13.4 Å². The number of benzene rings is 1. The first-order valence-corrected chi connectivity index (χ1v) is 8.32. The van der Waals surface area contributed by atoms with E-state index < -0.39 is 12.0 Å². The van der Waals surface area contributed by atoms with Crippen LogP contribution < -0.4 is 5.32 Å². The van der Waals surface area contributed by atoms with E-state index in [1.807, 2.05) is 6.26 Å². The van der Waals surface area contributed by atoms with Crippen LogP contribution in [0, 0.1) is 12.3 Å². The zero-order chi connectivity index (χ0) is 17.5. The minimum Gasteiger partial charge on any atom is -0.467 e. The minimum atomic E-state index is -0.815. The lowest BCUT2D eigenvalue weighted by Crippen LogP contribution is -2.43. The maximum Gasteiger partial charge on any atom is 0.328 e. The number of methoxy groups -OCH3 is 1. The van der Waals surface area contributed by atoms with Gasteiger partial charge in [-0.1, -0.05) is 5.92 Å². The molecule has 0 aliphatic heterocycles. The van der Waals surface area contributed by atoms with Crippen molar-refractivity contribution in [2.45, 2.75) is 17.4 Å². The number of thioether (sulfide) groups is 1. The molecule has 0 saturated carbocycles. The van der Waals surface area contributed by atoms with E-state index in [9.17, 15) is 9.59 Å². The second kappa shape index (κ2) is 8.22. The first-order valence-electron chi connectivity index (χ1n) is 7.09. The van der Waals surface area contributed by atoms with Gasteiger partial charge in [0, 0.05) is 28.8 Å². The Labute approximate surface area is 144 Å². The predicted octanol–water partition coefficient (Wildman–Crippen LogP) is 1.63. The molecule has 0 saturated heterocycles. The molecule has 2 aromatic rings. The number of nitrogens with zero attached hydrogens (tertiary/aromatic N) is 1. The van der Waals surface area contributed by atoms with Gasteiger partial charge in [0.25, 0.3) is 5.91 Å². The number of carbonyl (C=O) groups is 2. The Morgan fingerprint density at radius 2 is 2.29 bits per heavy atom. The van der Waals surface area contributed by atoms with Crippen LogP contribution >= 0.6 is 11.8 Å². The molecule has 124 valence electrons. The summed E-state index contributed by atoms with van der Waals surface area (Å²) in [5.41, 5.74) is 1.87. The number of carbonyl (C=O) groups excluding carboxylic acids is 2. The van der Waals surface area contributed by atoms with Gasteiger partial charge in [0.2, 0.25) is 0 Å². The number of hydrogen-bond donors (Lipinski definition) is 2. The Hall–Kier alpha value is -2.72. The van der Waals surface area contributed by atoms with E-state index in [2.05, 4.69) is 21.2 Å². The number of rotatable bonds is 6. The van der Waals surface area contributed by atoms with Crippen molar-refractivity contribution >= 4 is 23.6 Å². The normalized spacial score (nSPS) is 11.4. The maximum atomic E-state index is 12.6. The van der Waals surface area contributed by atoms with Crippen molar-refractivity contribution < 1.29 is 14.3 Å². The molecule has 2 N–H and O–H groups in total. The molecule has 0 radical (unpaired) electrons. The highest BCUT2D eigenvalue weighted by Crippen LogP contribution is 2.22. The summed E-state index contributed by atoms with van der Waals surface area (Å²) < 4.78 is 4.77. The molecule has 0 aliphatic rings. The number of H-pyrrole nitrogens is 1.